The highest BCUT2D eigenvalue weighted by Gasteiger charge is 2.50. The van der Waals surface area contributed by atoms with Crippen molar-refractivity contribution in [1.82, 2.24) is 19.8 Å². The fraction of sp³-hybridized carbons (Fsp3) is 0.500. The Bertz CT molecular complexity index is 1370. The van der Waals surface area contributed by atoms with Crippen molar-refractivity contribution in [3.8, 4) is 0 Å². The molecular weight excluding hydrogens is 502 g/mol. The van der Waals surface area contributed by atoms with Crippen LogP contribution in [0.5, 0.6) is 0 Å². The average Bonchev–Trinajstić information content (AvgIpc) is 3.69. The number of benzene rings is 1. The highest BCUT2D eigenvalue weighted by molar-refractivity contribution is 6.01. The summed E-state index contributed by atoms with van der Waals surface area (Å²) in [6, 6.07) is 15.7. The number of ketones is 1. The summed E-state index contributed by atoms with van der Waals surface area (Å²) >= 11 is 0. The molecule has 0 spiro atoms. The zero-order chi connectivity index (χ0) is 28.0. The van der Waals surface area contributed by atoms with Gasteiger partial charge in [0.15, 0.2) is 5.78 Å². The van der Waals surface area contributed by atoms with Crippen LogP contribution in [0.1, 0.15) is 56.9 Å². The number of anilines is 1. The summed E-state index contributed by atoms with van der Waals surface area (Å²) in [6.07, 6.45) is 4.46. The molecule has 3 saturated heterocycles. The van der Waals surface area contributed by atoms with Gasteiger partial charge in [-0.15, -0.1) is 0 Å². The van der Waals surface area contributed by atoms with Gasteiger partial charge in [0, 0.05) is 55.6 Å². The Hall–Kier alpha value is -3.68. The number of rotatable bonds is 6. The minimum atomic E-state index is -0.425. The van der Waals surface area contributed by atoms with Crippen molar-refractivity contribution >= 4 is 34.3 Å². The minimum absolute atomic E-state index is 0.0275. The van der Waals surface area contributed by atoms with E-state index in [4.69, 9.17) is 0 Å². The lowest BCUT2D eigenvalue weighted by Gasteiger charge is -2.40. The minimum Gasteiger partial charge on any atom is -0.357 e. The molecule has 1 aromatic carbocycles. The Morgan fingerprint density at radius 3 is 2.33 bits per heavy atom. The van der Waals surface area contributed by atoms with Crippen molar-refractivity contribution in [3.63, 3.8) is 0 Å². The molecule has 210 valence electrons. The number of Topliss-reactive ketones (excluding diaryl/α,β-unsaturated/α-hetero) is 1. The predicted molar refractivity (Wildman–Crippen MR) is 155 cm³/mol. The molecule has 8 nitrogen and oxygen atoms in total. The van der Waals surface area contributed by atoms with Crippen LogP contribution in [0.3, 0.4) is 0 Å². The van der Waals surface area contributed by atoms with Gasteiger partial charge in [0.05, 0.1) is 23.7 Å². The number of amides is 2. The molecule has 3 aromatic rings. The quantitative estimate of drug-likeness (QED) is 0.464. The molecule has 0 saturated carbocycles. The molecule has 0 unspecified atom stereocenters. The monoisotopic (exact) mass is 541 g/mol. The van der Waals surface area contributed by atoms with Gasteiger partial charge in [0.1, 0.15) is 5.82 Å². The second-order valence-electron chi connectivity index (χ2n) is 12.8. The average molecular weight is 542 g/mol. The number of H-pyrrole nitrogens is 1. The van der Waals surface area contributed by atoms with E-state index in [1.807, 2.05) is 85.3 Å². The third-order valence-electron chi connectivity index (χ3n) is 9.19. The normalized spacial score (nSPS) is 22.2. The first-order chi connectivity index (χ1) is 19.2. The Labute approximate surface area is 235 Å². The number of hydrogen-bond acceptors (Lipinski definition) is 5. The van der Waals surface area contributed by atoms with Crippen molar-refractivity contribution < 1.29 is 14.4 Å². The molecule has 2 bridgehead atoms. The van der Waals surface area contributed by atoms with Gasteiger partial charge in [-0.25, -0.2) is 4.98 Å². The number of aromatic amines is 1. The van der Waals surface area contributed by atoms with E-state index in [0.29, 0.717) is 18.8 Å². The summed E-state index contributed by atoms with van der Waals surface area (Å²) in [5, 5.41) is 0.994. The predicted octanol–water partition coefficient (Wildman–Crippen LogP) is 4.53. The zero-order valence-electron chi connectivity index (χ0n) is 23.7. The fourth-order valence-corrected chi connectivity index (χ4v) is 6.82. The van der Waals surface area contributed by atoms with Gasteiger partial charge in [0.2, 0.25) is 11.8 Å². The summed E-state index contributed by atoms with van der Waals surface area (Å²) in [6.45, 7) is 8.94. The molecule has 3 aliphatic heterocycles. The van der Waals surface area contributed by atoms with E-state index in [1.54, 1.807) is 0 Å². The number of fused-ring (bicyclic) bond motifs is 3. The lowest BCUT2D eigenvalue weighted by atomic mass is 9.76. The summed E-state index contributed by atoms with van der Waals surface area (Å²) < 4.78 is 0. The van der Waals surface area contributed by atoms with Crippen LogP contribution >= 0.6 is 0 Å². The molecule has 0 radical (unpaired) electrons. The number of carbonyl (C=O) groups excluding carboxylic acids is 3. The molecular formula is C32H39N5O3. The first-order valence-electron chi connectivity index (χ1n) is 14.6. The van der Waals surface area contributed by atoms with Gasteiger partial charge < -0.3 is 19.7 Å². The van der Waals surface area contributed by atoms with Gasteiger partial charge in [-0.3, -0.25) is 14.4 Å². The Balaban J connectivity index is 1.08. The van der Waals surface area contributed by atoms with Gasteiger partial charge in [0.25, 0.3) is 0 Å². The Morgan fingerprint density at radius 2 is 1.68 bits per heavy atom. The van der Waals surface area contributed by atoms with Gasteiger partial charge in [-0.1, -0.05) is 45.0 Å². The highest BCUT2D eigenvalue weighted by atomic mass is 16.2. The Kier molecular flexibility index (Phi) is 6.88. The van der Waals surface area contributed by atoms with Crippen molar-refractivity contribution in [1.29, 1.82) is 0 Å². The first kappa shape index (κ1) is 26.5. The topological polar surface area (TPSA) is 89.6 Å². The molecule has 3 atom stereocenters. The van der Waals surface area contributed by atoms with E-state index in [0.717, 1.165) is 49.1 Å². The van der Waals surface area contributed by atoms with Gasteiger partial charge >= 0.3 is 0 Å². The number of para-hydroxylation sites is 1. The van der Waals surface area contributed by atoms with Crippen molar-refractivity contribution in [2.24, 2.45) is 17.3 Å². The largest absolute Gasteiger partial charge is 0.357 e. The van der Waals surface area contributed by atoms with Gasteiger partial charge in [-0.05, 0) is 48.9 Å². The van der Waals surface area contributed by atoms with E-state index < -0.39 is 5.92 Å². The summed E-state index contributed by atoms with van der Waals surface area (Å²) in [5.74, 6) is 0.814. The number of likely N-dealkylation sites (tertiary alicyclic amines) is 2. The number of pyridine rings is 1. The van der Waals surface area contributed by atoms with Crippen LogP contribution in [0.25, 0.3) is 10.9 Å². The molecule has 5 heterocycles. The van der Waals surface area contributed by atoms with E-state index in [9.17, 15) is 14.4 Å². The number of carbonyl (C=O) groups is 3. The molecule has 8 heteroatoms. The molecule has 3 fully saturated rings. The number of piperidine rings is 1. The molecule has 1 N–H and O–H groups in total. The summed E-state index contributed by atoms with van der Waals surface area (Å²) in [7, 11) is 0. The lowest BCUT2D eigenvalue weighted by Crippen LogP contribution is -2.55. The van der Waals surface area contributed by atoms with Crippen LogP contribution < -0.4 is 4.90 Å². The molecule has 40 heavy (non-hydrogen) atoms. The van der Waals surface area contributed by atoms with E-state index in [2.05, 4.69) is 14.9 Å². The van der Waals surface area contributed by atoms with Gasteiger partial charge in [-0.2, -0.15) is 0 Å². The number of nitrogens with zero attached hydrogens (tertiary/aromatic N) is 4. The maximum atomic E-state index is 13.9. The number of piperazine rings is 1. The first-order valence-corrected chi connectivity index (χ1v) is 14.6. The number of hydrogen-bond donors (Lipinski definition) is 1. The maximum absolute atomic E-state index is 13.9. The van der Waals surface area contributed by atoms with Crippen LogP contribution in [0.15, 0.2) is 54.7 Å². The smallest absolute Gasteiger partial charge is 0.227 e. The zero-order valence-corrected chi connectivity index (χ0v) is 23.7. The molecule has 2 amide bonds. The lowest BCUT2D eigenvalue weighted by molar-refractivity contribution is -0.146. The molecule has 6 rings (SSSR count). The standard InChI is InChI=1S/C32H39N5O3/c1-32(2,3)25(18-28(38)27-16-22-8-4-5-9-26(22)34-27)31(40)37-20-23-17-24(37)19-36(23)30(39)21-11-14-35(15-12-21)29-10-6-7-13-33-29/h4-10,13,16,21,23-25,34H,11-12,14-15,17-20H2,1-3H3/t23-,24-,25+/m0/s1. The van der Waals surface area contributed by atoms with Crippen LogP contribution in [0, 0.1) is 17.3 Å². The summed E-state index contributed by atoms with van der Waals surface area (Å²) in [5.41, 5.74) is 1.11. The highest BCUT2D eigenvalue weighted by Crippen LogP contribution is 2.38. The third kappa shape index (κ3) is 5.00. The van der Waals surface area contributed by atoms with Crippen LogP contribution in [0.2, 0.25) is 0 Å². The maximum Gasteiger partial charge on any atom is 0.227 e. The van der Waals surface area contributed by atoms with Crippen molar-refractivity contribution in [3.05, 3.63) is 60.4 Å². The molecule has 2 aromatic heterocycles. The van der Waals surface area contributed by atoms with E-state index >= 15 is 0 Å². The molecule has 0 aliphatic carbocycles. The van der Waals surface area contributed by atoms with Crippen LogP contribution in [-0.4, -0.2) is 75.6 Å². The fourth-order valence-electron chi connectivity index (χ4n) is 6.82. The van der Waals surface area contributed by atoms with Crippen molar-refractivity contribution in [2.45, 2.75) is 58.5 Å². The van der Waals surface area contributed by atoms with Crippen LogP contribution in [0.4, 0.5) is 5.82 Å². The molecule has 3 aliphatic rings. The van der Waals surface area contributed by atoms with Crippen LogP contribution in [-0.2, 0) is 9.59 Å². The van der Waals surface area contributed by atoms with Crippen molar-refractivity contribution in [2.75, 3.05) is 31.1 Å². The second-order valence-corrected chi connectivity index (χ2v) is 12.8. The van der Waals surface area contributed by atoms with E-state index in [1.165, 1.54) is 0 Å². The third-order valence-corrected chi connectivity index (χ3v) is 9.19. The Morgan fingerprint density at radius 1 is 0.975 bits per heavy atom. The SMILES string of the molecule is CC(C)(C)[C@H](CC(=O)c1cc2ccccc2[nH]1)C(=O)N1C[C@@H]2C[C@H]1CN2C(=O)C1CCN(c2ccccn2)CC1. The number of aromatic nitrogens is 2. The number of nitrogens with one attached hydrogen (secondary N) is 1. The summed E-state index contributed by atoms with van der Waals surface area (Å²) in [4.78, 5) is 54.7. The second kappa shape index (κ2) is 10.4. The van der Waals surface area contributed by atoms with E-state index in [-0.39, 0.29) is 47.4 Å².